The monoisotopic (exact) mass is 352 g/mol. The lowest BCUT2D eigenvalue weighted by atomic mass is 10.2. The Hall–Kier alpha value is -3.03. The fraction of sp³-hybridized carbons (Fsp3) is 0.353. The van der Waals surface area contributed by atoms with Crippen LogP contribution in [-0.2, 0) is 19.1 Å². The Balaban J connectivity index is 2.85. The first-order valence-electron chi connectivity index (χ1n) is 7.68. The minimum atomic E-state index is -0.998. The van der Waals surface area contributed by atoms with Crippen molar-refractivity contribution in [1.82, 2.24) is 0 Å². The lowest BCUT2D eigenvalue weighted by Gasteiger charge is -2.09. The highest BCUT2D eigenvalue weighted by molar-refractivity contribution is 5.94. The summed E-state index contributed by atoms with van der Waals surface area (Å²) < 4.78 is 14.5. The van der Waals surface area contributed by atoms with Gasteiger partial charge in [0.25, 0.3) is 0 Å². The number of hydrogen-bond donors (Lipinski definition) is 2. The highest BCUT2D eigenvalue weighted by atomic mass is 16.5. The van der Waals surface area contributed by atoms with Crippen LogP contribution < -0.4 is 4.74 Å². The number of esters is 3. The number of aromatic hydroxyl groups is 2. The van der Waals surface area contributed by atoms with E-state index >= 15 is 0 Å². The molecule has 0 aliphatic carbocycles. The van der Waals surface area contributed by atoms with Crippen LogP contribution in [0.3, 0.4) is 0 Å². The van der Waals surface area contributed by atoms with Gasteiger partial charge in [-0.15, -0.1) is 0 Å². The van der Waals surface area contributed by atoms with Crippen molar-refractivity contribution < 1.29 is 38.8 Å². The highest BCUT2D eigenvalue weighted by Gasteiger charge is 2.17. The van der Waals surface area contributed by atoms with E-state index in [2.05, 4.69) is 0 Å². The van der Waals surface area contributed by atoms with E-state index < -0.39 is 35.2 Å². The Labute approximate surface area is 144 Å². The van der Waals surface area contributed by atoms with Crippen LogP contribution in [0.4, 0.5) is 0 Å². The first-order chi connectivity index (χ1) is 11.9. The zero-order valence-electron chi connectivity index (χ0n) is 14.0. The fourth-order valence-electron chi connectivity index (χ4n) is 1.60. The second-order valence-electron chi connectivity index (χ2n) is 4.90. The second kappa shape index (κ2) is 9.96. The number of ether oxygens (including phenoxy) is 3. The van der Waals surface area contributed by atoms with Gasteiger partial charge in [0.15, 0.2) is 11.5 Å². The zero-order chi connectivity index (χ0) is 18.8. The average molecular weight is 352 g/mol. The van der Waals surface area contributed by atoms with Gasteiger partial charge in [0.2, 0.25) is 5.75 Å². The first-order valence-corrected chi connectivity index (χ1v) is 7.68. The standard InChI is InChI=1S/C17H20O8/c1-3-7-23-14(19)5-6-15(20)25-13-10-11(9-12(18)16(13)21)17(22)24-8-4-2/h5-6,9-10,18,21H,3-4,7-8H2,1-2H3/b6-5+. The summed E-state index contributed by atoms with van der Waals surface area (Å²) in [5.41, 5.74) is -0.0992. The molecule has 0 saturated carbocycles. The molecular formula is C17H20O8. The Morgan fingerprint density at radius 2 is 1.56 bits per heavy atom. The molecule has 1 aromatic carbocycles. The number of phenols is 2. The molecule has 0 aliphatic heterocycles. The molecule has 0 radical (unpaired) electrons. The molecule has 0 bridgehead atoms. The Bertz CT molecular complexity index is 663. The van der Waals surface area contributed by atoms with Gasteiger partial charge in [-0.2, -0.15) is 0 Å². The summed E-state index contributed by atoms with van der Waals surface area (Å²) in [6.07, 6.45) is 2.92. The fourth-order valence-corrected chi connectivity index (χ4v) is 1.60. The minimum absolute atomic E-state index is 0.0992. The molecule has 25 heavy (non-hydrogen) atoms. The topological polar surface area (TPSA) is 119 Å². The zero-order valence-corrected chi connectivity index (χ0v) is 14.0. The van der Waals surface area contributed by atoms with Crippen LogP contribution >= 0.6 is 0 Å². The molecule has 0 aromatic heterocycles. The van der Waals surface area contributed by atoms with Gasteiger partial charge in [0, 0.05) is 12.2 Å². The summed E-state index contributed by atoms with van der Waals surface area (Å²) in [4.78, 5) is 34.7. The van der Waals surface area contributed by atoms with Gasteiger partial charge in [0.05, 0.1) is 18.8 Å². The van der Waals surface area contributed by atoms with Crippen molar-refractivity contribution in [2.45, 2.75) is 26.7 Å². The lowest BCUT2D eigenvalue weighted by molar-refractivity contribution is -0.138. The number of rotatable bonds is 8. The number of phenolic OH excluding ortho intramolecular Hbond substituents is 2. The third-order valence-corrected chi connectivity index (χ3v) is 2.74. The van der Waals surface area contributed by atoms with Gasteiger partial charge in [-0.25, -0.2) is 14.4 Å². The van der Waals surface area contributed by atoms with E-state index in [4.69, 9.17) is 14.2 Å². The Kier molecular flexibility index (Phi) is 7.98. The van der Waals surface area contributed by atoms with Gasteiger partial charge in [-0.1, -0.05) is 13.8 Å². The summed E-state index contributed by atoms with van der Waals surface area (Å²) in [7, 11) is 0. The third kappa shape index (κ3) is 6.54. The second-order valence-corrected chi connectivity index (χ2v) is 4.90. The molecular weight excluding hydrogens is 332 g/mol. The van der Waals surface area contributed by atoms with Crippen LogP contribution in [0.5, 0.6) is 17.2 Å². The van der Waals surface area contributed by atoms with Gasteiger partial charge < -0.3 is 24.4 Å². The summed E-state index contributed by atoms with van der Waals surface area (Å²) in [6.45, 7) is 4.03. The van der Waals surface area contributed by atoms with E-state index in [0.29, 0.717) is 12.8 Å². The molecule has 136 valence electrons. The van der Waals surface area contributed by atoms with E-state index in [9.17, 15) is 24.6 Å². The van der Waals surface area contributed by atoms with Crippen molar-refractivity contribution in [1.29, 1.82) is 0 Å². The summed E-state index contributed by atoms with van der Waals surface area (Å²) in [6, 6.07) is 2.04. The summed E-state index contributed by atoms with van der Waals surface area (Å²) in [5.74, 6) is -4.28. The summed E-state index contributed by atoms with van der Waals surface area (Å²) in [5, 5.41) is 19.4. The molecule has 0 amide bonds. The van der Waals surface area contributed by atoms with Gasteiger partial charge in [-0.05, 0) is 25.0 Å². The lowest BCUT2D eigenvalue weighted by Crippen LogP contribution is -2.09. The maximum absolute atomic E-state index is 11.8. The summed E-state index contributed by atoms with van der Waals surface area (Å²) >= 11 is 0. The van der Waals surface area contributed by atoms with E-state index in [0.717, 1.165) is 24.3 Å². The molecule has 0 aliphatic rings. The third-order valence-electron chi connectivity index (χ3n) is 2.74. The smallest absolute Gasteiger partial charge is 0.338 e. The van der Waals surface area contributed by atoms with Crippen molar-refractivity contribution in [2.75, 3.05) is 13.2 Å². The molecule has 0 saturated heterocycles. The van der Waals surface area contributed by atoms with Crippen LogP contribution in [0.15, 0.2) is 24.3 Å². The normalized spacial score (nSPS) is 10.5. The predicted molar refractivity (Wildman–Crippen MR) is 86.4 cm³/mol. The van der Waals surface area contributed by atoms with E-state index in [1.165, 1.54) is 0 Å². The molecule has 2 N–H and O–H groups in total. The predicted octanol–water partition coefficient (Wildman–Crippen LogP) is 2.08. The number of hydrogen-bond acceptors (Lipinski definition) is 8. The van der Waals surface area contributed by atoms with Crippen LogP contribution in [0, 0.1) is 0 Å². The average Bonchev–Trinajstić information content (AvgIpc) is 2.59. The van der Waals surface area contributed by atoms with E-state index in [1.807, 2.05) is 13.8 Å². The van der Waals surface area contributed by atoms with Crippen LogP contribution in [-0.4, -0.2) is 41.3 Å². The van der Waals surface area contributed by atoms with Crippen molar-refractivity contribution >= 4 is 17.9 Å². The molecule has 0 atom stereocenters. The van der Waals surface area contributed by atoms with E-state index in [1.54, 1.807) is 0 Å². The molecule has 0 fully saturated rings. The molecule has 1 rings (SSSR count). The minimum Gasteiger partial charge on any atom is -0.504 e. The van der Waals surface area contributed by atoms with Gasteiger partial charge in [0.1, 0.15) is 0 Å². The van der Waals surface area contributed by atoms with Crippen LogP contribution in [0.2, 0.25) is 0 Å². The van der Waals surface area contributed by atoms with Crippen molar-refractivity contribution in [3.05, 3.63) is 29.8 Å². The van der Waals surface area contributed by atoms with Crippen LogP contribution in [0.25, 0.3) is 0 Å². The highest BCUT2D eigenvalue weighted by Crippen LogP contribution is 2.36. The quantitative estimate of drug-likeness (QED) is 0.316. The van der Waals surface area contributed by atoms with E-state index in [-0.39, 0.29) is 18.8 Å². The van der Waals surface area contributed by atoms with Crippen molar-refractivity contribution in [3.8, 4) is 17.2 Å². The Morgan fingerprint density at radius 1 is 0.960 bits per heavy atom. The number of carbonyl (C=O) groups is 3. The number of benzene rings is 1. The maximum Gasteiger partial charge on any atom is 0.338 e. The maximum atomic E-state index is 11.8. The van der Waals surface area contributed by atoms with Gasteiger partial charge >= 0.3 is 17.9 Å². The largest absolute Gasteiger partial charge is 0.504 e. The first kappa shape index (κ1) is 20.0. The van der Waals surface area contributed by atoms with Crippen LogP contribution in [0.1, 0.15) is 37.0 Å². The van der Waals surface area contributed by atoms with Gasteiger partial charge in [-0.3, -0.25) is 0 Å². The molecule has 0 unspecified atom stereocenters. The SMILES string of the molecule is CCCOC(=O)/C=C/C(=O)Oc1cc(C(=O)OCCC)cc(O)c1O. The van der Waals surface area contributed by atoms with Crippen molar-refractivity contribution in [2.24, 2.45) is 0 Å². The molecule has 1 aromatic rings. The molecule has 0 spiro atoms. The van der Waals surface area contributed by atoms with Crippen molar-refractivity contribution in [3.63, 3.8) is 0 Å². The molecule has 8 heteroatoms. The molecule has 0 heterocycles. The molecule has 8 nitrogen and oxygen atoms in total. The number of carbonyl (C=O) groups excluding carboxylic acids is 3. The Morgan fingerprint density at radius 3 is 2.20 bits per heavy atom.